The fourth-order valence-electron chi connectivity index (χ4n) is 2.33. The van der Waals surface area contributed by atoms with Crippen molar-refractivity contribution >= 4 is 5.97 Å². The zero-order chi connectivity index (χ0) is 16.2. The van der Waals surface area contributed by atoms with E-state index in [-0.39, 0.29) is 23.5 Å². The van der Waals surface area contributed by atoms with Gasteiger partial charge in [-0.3, -0.25) is 0 Å². The van der Waals surface area contributed by atoms with Crippen LogP contribution >= 0.6 is 0 Å². The van der Waals surface area contributed by atoms with Gasteiger partial charge in [0.15, 0.2) is 17.9 Å². The third kappa shape index (κ3) is 3.49. The van der Waals surface area contributed by atoms with Gasteiger partial charge in [-0.25, -0.2) is 9.18 Å². The molecule has 1 aliphatic rings. The van der Waals surface area contributed by atoms with E-state index in [0.29, 0.717) is 13.2 Å². The SMILES string of the molecule is O=C(O)c1cc(F)c(OCc2ccccc2)c(C2OCCO2)c1. The normalized spacial score (nSPS) is 14.8. The largest absolute Gasteiger partial charge is 0.485 e. The Morgan fingerprint density at radius 2 is 1.91 bits per heavy atom. The van der Waals surface area contributed by atoms with Gasteiger partial charge < -0.3 is 19.3 Å². The van der Waals surface area contributed by atoms with Crippen LogP contribution in [0.4, 0.5) is 4.39 Å². The Morgan fingerprint density at radius 1 is 1.22 bits per heavy atom. The molecular weight excluding hydrogens is 303 g/mol. The molecule has 120 valence electrons. The fraction of sp³-hybridized carbons (Fsp3) is 0.235. The minimum atomic E-state index is -1.22. The molecule has 1 saturated heterocycles. The number of carboxylic acids is 1. The summed E-state index contributed by atoms with van der Waals surface area (Å²) in [6, 6.07) is 11.5. The highest BCUT2D eigenvalue weighted by molar-refractivity contribution is 5.88. The van der Waals surface area contributed by atoms with Gasteiger partial charge in [0, 0.05) is 0 Å². The molecule has 0 unspecified atom stereocenters. The van der Waals surface area contributed by atoms with Crippen molar-refractivity contribution in [1.82, 2.24) is 0 Å². The maximum Gasteiger partial charge on any atom is 0.335 e. The number of rotatable bonds is 5. The van der Waals surface area contributed by atoms with E-state index in [2.05, 4.69) is 0 Å². The molecule has 5 nitrogen and oxygen atoms in total. The lowest BCUT2D eigenvalue weighted by Gasteiger charge is -2.17. The maximum atomic E-state index is 14.3. The van der Waals surface area contributed by atoms with E-state index < -0.39 is 18.1 Å². The molecule has 23 heavy (non-hydrogen) atoms. The second-order valence-corrected chi connectivity index (χ2v) is 5.03. The fourth-order valence-corrected chi connectivity index (χ4v) is 2.33. The first-order valence-corrected chi connectivity index (χ1v) is 7.12. The molecule has 0 spiro atoms. The monoisotopic (exact) mass is 318 g/mol. The van der Waals surface area contributed by atoms with Crippen molar-refractivity contribution in [3.8, 4) is 5.75 Å². The molecule has 0 radical (unpaired) electrons. The quantitative estimate of drug-likeness (QED) is 0.917. The van der Waals surface area contributed by atoms with Crippen molar-refractivity contribution < 1.29 is 28.5 Å². The molecule has 0 bridgehead atoms. The first-order valence-electron chi connectivity index (χ1n) is 7.12. The van der Waals surface area contributed by atoms with Crippen LogP contribution in [0.15, 0.2) is 42.5 Å². The number of aromatic carboxylic acids is 1. The van der Waals surface area contributed by atoms with Crippen LogP contribution in [-0.4, -0.2) is 24.3 Å². The first-order chi connectivity index (χ1) is 11.1. The zero-order valence-electron chi connectivity index (χ0n) is 12.2. The van der Waals surface area contributed by atoms with E-state index in [1.165, 1.54) is 6.07 Å². The minimum absolute atomic E-state index is 0.0502. The number of carbonyl (C=O) groups is 1. The highest BCUT2D eigenvalue weighted by Gasteiger charge is 2.26. The Labute approximate surface area is 132 Å². The van der Waals surface area contributed by atoms with E-state index in [1.54, 1.807) is 0 Å². The van der Waals surface area contributed by atoms with Crippen LogP contribution in [0.2, 0.25) is 0 Å². The van der Waals surface area contributed by atoms with Crippen LogP contribution in [0.1, 0.15) is 27.8 Å². The van der Waals surface area contributed by atoms with Crippen molar-refractivity contribution in [3.05, 3.63) is 65.0 Å². The molecule has 0 amide bonds. The molecule has 0 saturated carbocycles. The van der Waals surface area contributed by atoms with Crippen molar-refractivity contribution in [1.29, 1.82) is 0 Å². The van der Waals surface area contributed by atoms with Gasteiger partial charge in [0.1, 0.15) is 6.61 Å². The predicted octanol–water partition coefficient (Wildman–Crippen LogP) is 3.15. The van der Waals surface area contributed by atoms with E-state index in [0.717, 1.165) is 11.6 Å². The van der Waals surface area contributed by atoms with E-state index in [1.807, 2.05) is 30.3 Å². The molecule has 3 rings (SSSR count). The smallest absolute Gasteiger partial charge is 0.335 e. The van der Waals surface area contributed by atoms with E-state index in [4.69, 9.17) is 19.3 Å². The van der Waals surface area contributed by atoms with Crippen molar-refractivity contribution in [3.63, 3.8) is 0 Å². The standard InChI is InChI=1S/C17H15FO5/c18-14-9-12(16(19)20)8-13(17-21-6-7-22-17)15(14)23-10-11-4-2-1-3-5-11/h1-5,8-9,17H,6-7,10H2,(H,19,20). The van der Waals surface area contributed by atoms with Gasteiger partial charge in [0.25, 0.3) is 0 Å². The van der Waals surface area contributed by atoms with Gasteiger partial charge in [0.05, 0.1) is 24.3 Å². The maximum absolute atomic E-state index is 14.3. The number of ether oxygens (including phenoxy) is 3. The summed E-state index contributed by atoms with van der Waals surface area (Å²) in [6.45, 7) is 0.882. The highest BCUT2D eigenvalue weighted by Crippen LogP contribution is 2.35. The van der Waals surface area contributed by atoms with Crippen LogP contribution in [-0.2, 0) is 16.1 Å². The van der Waals surface area contributed by atoms with Crippen LogP contribution in [0.5, 0.6) is 5.75 Å². The number of hydrogen-bond acceptors (Lipinski definition) is 4. The van der Waals surface area contributed by atoms with Gasteiger partial charge in [-0.15, -0.1) is 0 Å². The minimum Gasteiger partial charge on any atom is -0.485 e. The van der Waals surface area contributed by atoms with Gasteiger partial charge in [-0.2, -0.15) is 0 Å². The summed E-state index contributed by atoms with van der Waals surface area (Å²) in [5.41, 5.74) is 0.938. The Balaban J connectivity index is 1.92. The lowest BCUT2D eigenvalue weighted by molar-refractivity contribution is -0.0462. The van der Waals surface area contributed by atoms with Gasteiger partial charge in [0.2, 0.25) is 0 Å². The van der Waals surface area contributed by atoms with Crippen LogP contribution in [0, 0.1) is 5.82 Å². The number of halogens is 1. The average Bonchev–Trinajstić information content (AvgIpc) is 3.08. The molecule has 2 aromatic carbocycles. The number of hydrogen-bond donors (Lipinski definition) is 1. The molecule has 2 aromatic rings. The molecule has 1 N–H and O–H groups in total. The second kappa shape index (κ2) is 6.76. The van der Waals surface area contributed by atoms with Crippen LogP contribution in [0.3, 0.4) is 0 Å². The summed E-state index contributed by atoms with van der Waals surface area (Å²) in [6.07, 6.45) is -0.824. The summed E-state index contributed by atoms with van der Waals surface area (Å²) in [4.78, 5) is 11.1. The van der Waals surface area contributed by atoms with Gasteiger partial charge >= 0.3 is 5.97 Å². The van der Waals surface area contributed by atoms with Crippen LogP contribution in [0.25, 0.3) is 0 Å². The molecule has 0 aliphatic carbocycles. The zero-order valence-corrected chi connectivity index (χ0v) is 12.2. The topological polar surface area (TPSA) is 65.0 Å². The molecule has 1 heterocycles. The Morgan fingerprint density at radius 3 is 2.57 bits per heavy atom. The number of carboxylic acid groups (broad SMARTS) is 1. The summed E-state index contributed by atoms with van der Waals surface area (Å²) in [5, 5.41) is 9.09. The molecule has 1 aliphatic heterocycles. The molecule has 0 atom stereocenters. The summed E-state index contributed by atoms with van der Waals surface area (Å²) in [7, 11) is 0. The first kappa shape index (κ1) is 15.5. The average molecular weight is 318 g/mol. The summed E-state index contributed by atoms with van der Waals surface area (Å²) in [5.74, 6) is -2.03. The van der Waals surface area contributed by atoms with E-state index >= 15 is 0 Å². The van der Waals surface area contributed by atoms with Crippen molar-refractivity contribution in [2.75, 3.05) is 13.2 Å². The lowest BCUT2D eigenvalue weighted by Crippen LogP contribution is -2.09. The van der Waals surface area contributed by atoms with Crippen LogP contribution < -0.4 is 4.74 Å². The Kier molecular flexibility index (Phi) is 4.55. The van der Waals surface area contributed by atoms with Crippen molar-refractivity contribution in [2.24, 2.45) is 0 Å². The lowest BCUT2D eigenvalue weighted by atomic mass is 10.1. The third-order valence-corrected chi connectivity index (χ3v) is 3.42. The Bertz CT molecular complexity index is 696. The summed E-state index contributed by atoms with van der Waals surface area (Å²) < 4.78 is 30.6. The van der Waals surface area contributed by atoms with E-state index in [9.17, 15) is 9.18 Å². The van der Waals surface area contributed by atoms with Gasteiger partial charge in [-0.05, 0) is 17.7 Å². The second-order valence-electron chi connectivity index (χ2n) is 5.03. The highest BCUT2D eigenvalue weighted by atomic mass is 19.1. The third-order valence-electron chi connectivity index (χ3n) is 3.42. The molecule has 6 heteroatoms. The van der Waals surface area contributed by atoms with Crippen molar-refractivity contribution in [2.45, 2.75) is 12.9 Å². The Hall–Kier alpha value is -2.44. The molecule has 1 fully saturated rings. The number of benzene rings is 2. The summed E-state index contributed by atoms with van der Waals surface area (Å²) >= 11 is 0. The van der Waals surface area contributed by atoms with Gasteiger partial charge in [-0.1, -0.05) is 30.3 Å². The molecular formula is C17H15FO5. The molecule has 0 aromatic heterocycles. The predicted molar refractivity (Wildman–Crippen MR) is 78.8 cm³/mol.